The highest BCUT2D eigenvalue weighted by atomic mass is 16.9. The van der Waals surface area contributed by atoms with Gasteiger partial charge >= 0.3 is 5.97 Å². The third kappa shape index (κ3) is 40.1. The zero-order valence-electron chi connectivity index (χ0n) is 48.7. The predicted molar refractivity (Wildman–Crippen MR) is 297 cm³/mol. The van der Waals surface area contributed by atoms with E-state index in [0.717, 1.165) is 83.7 Å². The van der Waals surface area contributed by atoms with Crippen molar-refractivity contribution >= 4 is 5.97 Å². The van der Waals surface area contributed by atoms with Crippen molar-refractivity contribution in [2.75, 3.05) is 39.6 Å². The second kappa shape index (κ2) is 41.4. The molecule has 0 aliphatic carbocycles. The lowest BCUT2D eigenvalue weighted by Crippen LogP contribution is -2.57. The zero-order valence-corrected chi connectivity index (χ0v) is 48.7. The number of aliphatic hydroxyl groups is 1. The van der Waals surface area contributed by atoms with Gasteiger partial charge < -0.3 is 28.8 Å². The third-order valence-electron chi connectivity index (χ3n) is 13.9. The van der Waals surface area contributed by atoms with Crippen molar-refractivity contribution in [1.82, 2.24) is 0 Å². The number of ether oxygens (including phenoxy) is 5. The summed E-state index contributed by atoms with van der Waals surface area (Å²) < 4.78 is 33.7. The largest absolute Gasteiger partial charge is 0.460 e. The molecule has 0 aromatic heterocycles. The molecule has 0 aromatic carbocycles. The van der Waals surface area contributed by atoms with Gasteiger partial charge in [-0.05, 0) is 93.8 Å². The van der Waals surface area contributed by atoms with Gasteiger partial charge in [-0.25, -0.2) is 4.79 Å². The molecule has 69 heavy (non-hydrogen) atoms. The molecule has 412 valence electrons. The number of unbranched alkanes of at least 4 members (excludes halogenated alkanes) is 23. The van der Waals surface area contributed by atoms with Crippen molar-refractivity contribution in [1.29, 1.82) is 0 Å². The fourth-order valence-corrected chi connectivity index (χ4v) is 9.70. The number of carbonyl (C=O) groups is 1. The highest BCUT2D eigenvalue weighted by Gasteiger charge is 2.55. The Labute approximate surface area is 431 Å². The van der Waals surface area contributed by atoms with Crippen LogP contribution in [0.25, 0.3) is 0 Å². The molecule has 0 fully saturated rings. The summed E-state index contributed by atoms with van der Waals surface area (Å²) >= 11 is 0. The lowest BCUT2D eigenvalue weighted by atomic mass is 9.71. The van der Waals surface area contributed by atoms with Gasteiger partial charge in [0.15, 0.2) is 0 Å². The molecule has 0 saturated carbocycles. The molecule has 0 aliphatic rings. The first-order chi connectivity index (χ1) is 32.7. The minimum absolute atomic E-state index is 0.104. The summed E-state index contributed by atoms with van der Waals surface area (Å²) in [5.41, 5.74) is 0.851. The van der Waals surface area contributed by atoms with Gasteiger partial charge in [0.25, 0.3) is 5.97 Å². The van der Waals surface area contributed by atoms with Gasteiger partial charge in [0.2, 0.25) is 0 Å². The number of carbonyl (C=O) groups excluding carboxylic acids is 1. The lowest BCUT2D eigenvalue weighted by molar-refractivity contribution is -0.437. The first-order valence-electron chi connectivity index (χ1n) is 29.7. The molecule has 7 heteroatoms. The van der Waals surface area contributed by atoms with E-state index in [1.807, 2.05) is 0 Å². The van der Waals surface area contributed by atoms with Crippen molar-refractivity contribution in [2.24, 2.45) is 21.7 Å². The van der Waals surface area contributed by atoms with Gasteiger partial charge in [-0.1, -0.05) is 237 Å². The van der Waals surface area contributed by atoms with Crippen LogP contribution in [0.2, 0.25) is 0 Å². The Kier molecular flexibility index (Phi) is 40.8. The van der Waals surface area contributed by atoms with Gasteiger partial charge in [0.05, 0.1) is 31.3 Å². The van der Waals surface area contributed by atoms with Crippen LogP contribution in [0.4, 0.5) is 0 Å². The van der Waals surface area contributed by atoms with Crippen molar-refractivity contribution in [2.45, 2.75) is 320 Å². The standard InChI is InChI=1S/C62H122O7/c1-14-16-17-18-31-38-46-61(47-42-49-65-48-15-2,53-56(63)54-66-57(64)55(3)4)62(67-50-39-32-25-19-22-28-35-43-58(5,6)7,68-51-40-33-26-20-23-29-36-44-59(8,9)10)69-52-41-34-27-21-24-30-37-45-60(11,12)13/h56,63H,3,14-54H2,1-2,4-13H3. The fourth-order valence-electron chi connectivity index (χ4n) is 9.70. The predicted octanol–water partition coefficient (Wildman–Crippen LogP) is 19.0. The molecular formula is C62H122O7. The van der Waals surface area contributed by atoms with E-state index in [0.29, 0.717) is 54.7 Å². The topological polar surface area (TPSA) is 83.5 Å². The van der Waals surface area contributed by atoms with Crippen molar-refractivity contribution in [3.8, 4) is 0 Å². The van der Waals surface area contributed by atoms with E-state index >= 15 is 0 Å². The summed E-state index contributed by atoms with van der Waals surface area (Å²) in [6.07, 6.45) is 38.7. The normalized spacial score (nSPS) is 14.0. The van der Waals surface area contributed by atoms with E-state index in [2.05, 4.69) is 82.7 Å². The van der Waals surface area contributed by atoms with Crippen LogP contribution in [0.3, 0.4) is 0 Å². The molecule has 0 rings (SSSR count). The van der Waals surface area contributed by atoms with E-state index in [9.17, 15) is 9.90 Å². The van der Waals surface area contributed by atoms with Crippen LogP contribution in [-0.4, -0.2) is 62.8 Å². The van der Waals surface area contributed by atoms with E-state index in [1.165, 1.54) is 141 Å². The highest BCUT2D eigenvalue weighted by Crippen LogP contribution is 2.50. The van der Waals surface area contributed by atoms with Gasteiger partial charge in [-0.15, -0.1) is 0 Å². The van der Waals surface area contributed by atoms with Crippen molar-refractivity contribution in [3.63, 3.8) is 0 Å². The summed E-state index contributed by atoms with van der Waals surface area (Å²) in [4.78, 5) is 12.7. The molecular weight excluding hydrogens is 857 g/mol. The maximum absolute atomic E-state index is 12.7. The molecule has 0 amide bonds. The quantitative estimate of drug-likeness (QED) is 0.0281. The first kappa shape index (κ1) is 68.0. The van der Waals surface area contributed by atoms with Gasteiger partial charge in [-0.2, -0.15) is 0 Å². The minimum Gasteiger partial charge on any atom is -0.460 e. The molecule has 2 atom stereocenters. The van der Waals surface area contributed by atoms with Crippen LogP contribution < -0.4 is 0 Å². The Balaban J connectivity index is 6.77. The fraction of sp³-hybridized carbons (Fsp3) is 0.952. The molecule has 0 aromatic rings. The van der Waals surface area contributed by atoms with E-state index in [-0.39, 0.29) is 6.61 Å². The van der Waals surface area contributed by atoms with Crippen LogP contribution in [0.1, 0.15) is 308 Å². The summed E-state index contributed by atoms with van der Waals surface area (Å²) in [6, 6.07) is 0. The Morgan fingerprint density at radius 2 is 0.768 bits per heavy atom. The van der Waals surface area contributed by atoms with Gasteiger partial charge in [0, 0.05) is 18.8 Å². The van der Waals surface area contributed by atoms with Crippen LogP contribution in [0, 0.1) is 21.7 Å². The highest BCUT2D eigenvalue weighted by molar-refractivity contribution is 5.86. The second-order valence-corrected chi connectivity index (χ2v) is 25.2. The van der Waals surface area contributed by atoms with E-state index in [1.54, 1.807) is 6.92 Å². The summed E-state index contributed by atoms with van der Waals surface area (Å²) in [5.74, 6) is -1.83. The summed E-state index contributed by atoms with van der Waals surface area (Å²) in [5, 5.41) is 12.0. The molecule has 2 unspecified atom stereocenters. The first-order valence-corrected chi connectivity index (χ1v) is 29.7. The van der Waals surface area contributed by atoms with Crippen LogP contribution in [0.5, 0.6) is 0 Å². The minimum atomic E-state index is -1.35. The molecule has 7 nitrogen and oxygen atoms in total. The Morgan fingerprint density at radius 3 is 1.12 bits per heavy atom. The zero-order chi connectivity index (χ0) is 51.8. The average Bonchev–Trinajstić information content (AvgIpc) is 3.26. The molecule has 0 saturated heterocycles. The summed E-state index contributed by atoms with van der Waals surface area (Å²) in [6.45, 7) is 33.8. The number of hydrogen-bond acceptors (Lipinski definition) is 7. The molecule has 0 heterocycles. The van der Waals surface area contributed by atoms with Gasteiger partial charge in [0.1, 0.15) is 6.61 Å². The number of hydrogen-bond donors (Lipinski definition) is 1. The second-order valence-electron chi connectivity index (χ2n) is 25.2. The molecule has 0 spiro atoms. The lowest BCUT2D eigenvalue weighted by Gasteiger charge is -2.50. The summed E-state index contributed by atoms with van der Waals surface area (Å²) in [7, 11) is 0. The van der Waals surface area contributed by atoms with Gasteiger partial charge in [-0.3, -0.25) is 0 Å². The smallest absolute Gasteiger partial charge is 0.333 e. The Bertz CT molecular complexity index is 1090. The SMILES string of the molecule is C=C(C)C(=O)OCC(O)CC(CCCCCCCC)(CCCOCCC)C(OCCCCCCCCCC(C)(C)C)(OCCCCCCCCCC(C)(C)C)OCCCCCCCCCC(C)(C)C. The number of rotatable bonds is 49. The number of aliphatic hydroxyl groups excluding tert-OH is 1. The molecule has 0 bridgehead atoms. The van der Waals surface area contributed by atoms with E-state index < -0.39 is 23.5 Å². The maximum atomic E-state index is 12.7. The van der Waals surface area contributed by atoms with Crippen molar-refractivity contribution in [3.05, 3.63) is 12.2 Å². The van der Waals surface area contributed by atoms with E-state index in [4.69, 9.17) is 23.7 Å². The van der Waals surface area contributed by atoms with Crippen LogP contribution >= 0.6 is 0 Å². The monoisotopic (exact) mass is 979 g/mol. The Morgan fingerprint density at radius 1 is 0.435 bits per heavy atom. The Hall–Kier alpha value is -0.990. The third-order valence-corrected chi connectivity index (χ3v) is 13.9. The maximum Gasteiger partial charge on any atom is 0.333 e. The van der Waals surface area contributed by atoms with Crippen LogP contribution in [-0.2, 0) is 28.5 Å². The average molecular weight is 980 g/mol. The molecule has 0 aliphatic heterocycles. The molecule has 1 N–H and O–H groups in total. The number of esters is 1. The van der Waals surface area contributed by atoms with Crippen LogP contribution in [0.15, 0.2) is 12.2 Å². The van der Waals surface area contributed by atoms with Crippen molar-refractivity contribution < 1.29 is 33.6 Å². The molecule has 0 radical (unpaired) electrons.